The maximum atomic E-state index is 13.0. The minimum Gasteiger partial charge on any atom is -0.350 e. The second-order valence-electron chi connectivity index (χ2n) is 5.19. The number of halogens is 1. The van der Waals surface area contributed by atoms with Crippen molar-refractivity contribution in [2.45, 2.75) is 0 Å². The van der Waals surface area contributed by atoms with Crippen LogP contribution >= 0.6 is 0 Å². The van der Waals surface area contributed by atoms with Crippen LogP contribution in [0.15, 0.2) is 54.7 Å². The van der Waals surface area contributed by atoms with Gasteiger partial charge in [0.2, 0.25) is 0 Å². The lowest BCUT2D eigenvalue weighted by Crippen LogP contribution is -1.82. The Morgan fingerprint density at radius 2 is 1.82 bits per heavy atom. The molecule has 2 aromatic carbocycles. The van der Waals surface area contributed by atoms with Crippen LogP contribution in [0.3, 0.4) is 0 Å². The summed E-state index contributed by atoms with van der Waals surface area (Å²) in [5, 5.41) is 8.33. The molecular weight excluding hydrogens is 279 g/mol. The van der Waals surface area contributed by atoms with Crippen molar-refractivity contribution in [3.63, 3.8) is 0 Å². The second-order valence-corrected chi connectivity index (χ2v) is 5.19. The summed E-state index contributed by atoms with van der Waals surface area (Å²) in [6.45, 7) is 0. The Balaban J connectivity index is 1.82. The van der Waals surface area contributed by atoms with Gasteiger partial charge in [-0.3, -0.25) is 5.10 Å². The minimum absolute atomic E-state index is 0.270. The fraction of sp³-hybridized carbons (Fsp3) is 0.0588. The maximum absolute atomic E-state index is 13.0. The van der Waals surface area contributed by atoms with E-state index in [4.69, 9.17) is 0 Å². The Labute approximate surface area is 126 Å². The number of nitrogens with zero attached hydrogens (tertiary/aromatic N) is 3. The Kier molecular flexibility index (Phi) is 2.79. The van der Waals surface area contributed by atoms with E-state index in [1.54, 1.807) is 12.1 Å². The van der Waals surface area contributed by atoms with Crippen molar-refractivity contribution in [3.8, 4) is 22.8 Å². The molecule has 0 saturated carbocycles. The van der Waals surface area contributed by atoms with E-state index in [0.717, 1.165) is 22.0 Å². The average Bonchev–Trinajstić information content (AvgIpc) is 3.14. The number of rotatable bonds is 2. The first kappa shape index (κ1) is 12.8. The highest BCUT2D eigenvalue weighted by Crippen LogP contribution is 2.28. The molecular formula is C17H13FN4. The summed E-state index contributed by atoms with van der Waals surface area (Å²) in [6.07, 6.45) is 2.03. The molecule has 4 nitrogen and oxygen atoms in total. The highest BCUT2D eigenvalue weighted by molar-refractivity contribution is 5.94. The van der Waals surface area contributed by atoms with Crippen LogP contribution in [0, 0.1) is 5.82 Å². The SMILES string of the molecule is Cn1cc(-c2nc(-c3ccc(F)cc3)n[nH]2)c2ccccc21. The van der Waals surface area contributed by atoms with Gasteiger partial charge in [0.05, 0.1) is 0 Å². The summed E-state index contributed by atoms with van der Waals surface area (Å²) in [5.41, 5.74) is 2.92. The van der Waals surface area contributed by atoms with E-state index in [1.165, 1.54) is 12.1 Å². The Morgan fingerprint density at radius 3 is 2.64 bits per heavy atom. The number of nitrogens with one attached hydrogen (secondary N) is 1. The van der Waals surface area contributed by atoms with Gasteiger partial charge in [-0.05, 0) is 30.3 Å². The largest absolute Gasteiger partial charge is 0.350 e. The normalized spacial score (nSPS) is 11.2. The number of H-pyrrole nitrogens is 1. The van der Waals surface area contributed by atoms with Crippen molar-refractivity contribution in [1.29, 1.82) is 0 Å². The number of fused-ring (bicyclic) bond motifs is 1. The van der Waals surface area contributed by atoms with Gasteiger partial charge in [0, 0.05) is 35.3 Å². The van der Waals surface area contributed by atoms with Gasteiger partial charge in [-0.25, -0.2) is 9.37 Å². The molecule has 1 N–H and O–H groups in total. The summed E-state index contributed by atoms with van der Waals surface area (Å²) >= 11 is 0. The fourth-order valence-electron chi connectivity index (χ4n) is 2.64. The van der Waals surface area contributed by atoms with E-state index in [0.29, 0.717) is 11.6 Å². The first-order chi connectivity index (χ1) is 10.7. The van der Waals surface area contributed by atoms with E-state index < -0.39 is 0 Å². The van der Waals surface area contributed by atoms with E-state index in [9.17, 15) is 4.39 Å². The van der Waals surface area contributed by atoms with Crippen molar-refractivity contribution >= 4 is 10.9 Å². The van der Waals surface area contributed by atoms with Gasteiger partial charge in [0.1, 0.15) is 5.82 Å². The highest BCUT2D eigenvalue weighted by atomic mass is 19.1. The quantitative estimate of drug-likeness (QED) is 0.611. The molecule has 5 heteroatoms. The number of benzene rings is 2. The summed E-state index contributed by atoms with van der Waals surface area (Å²) in [4.78, 5) is 4.54. The third kappa shape index (κ3) is 1.98. The van der Waals surface area contributed by atoms with Gasteiger partial charge in [0.25, 0.3) is 0 Å². The summed E-state index contributed by atoms with van der Waals surface area (Å²) < 4.78 is 15.1. The molecule has 4 aromatic rings. The Hall–Kier alpha value is -2.95. The number of aromatic nitrogens is 4. The van der Waals surface area contributed by atoms with Crippen LogP contribution in [0.25, 0.3) is 33.7 Å². The lowest BCUT2D eigenvalue weighted by atomic mass is 10.1. The molecule has 0 aliphatic carbocycles. The molecule has 2 heterocycles. The standard InChI is InChI=1S/C17H13FN4/c1-22-10-14(13-4-2-3-5-15(13)22)17-19-16(20-21-17)11-6-8-12(18)9-7-11/h2-10H,1H3,(H,19,20,21). The predicted octanol–water partition coefficient (Wildman–Crippen LogP) is 3.77. The molecule has 0 spiro atoms. The van der Waals surface area contributed by atoms with Crippen molar-refractivity contribution < 1.29 is 4.39 Å². The number of hydrogen-bond donors (Lipinski definition) is 1. The maximum Gasteiger partial charge on any atom is 0.181 e. The number of aromatic amines is 1. The summed E-state index contributed by atoms with van der Waals surface area (Å²) in [7, 11) is 2.00. The molecule has 0 unspecified atom stereocenters. The van der Waals surface area contributed by atoms with Crippen LogP contribution < -0.4 is 0 Å². The molecule has 0 fully saturated rings. The van der Waals surface area contributed by atoms with Crippen LogP contribution in [-0.2, 0) is 7.05 Å². The van der Waals surface area contributed by atoms with Crippen LogP contribution in [0.4, 0.5) is 4.39 Å². The molecule has 0 aliphatic rings. The van der Waals surface area contributed by atoms with E-state index in [2.05, 4.69) is 31.9 Å². The monoisotopic (exact) mass is 292 g/mol. The van der Waals surface area contributed by atoms with E-state index in [1.807, 2.05) is 25.4 Å². The summed E-state index contributed by atoms with van der Waals surface area (Å²) in [5.74, 6) is 0.993. The van der Waals surface area contributed by atoms with Crippen LogP contribution in [0.1, 0.15) is 0 Å². The van der Waals surface area contributed by atoms with Gasteiger partial charge in [-0.2, -0.15) is 5.10 Å². The van der Waals surface area contributed by atoms with Crippen molar-refractivity contribution in [2.75, 3.05) is 0 Å². The zero-order chi connectivity index (χ0) is 15.1. The van der Waals surface area contributed by atoms with Gasteiger partial charge in [-0.1, -0.05) is 18.2 Å². The first-order valence-corrected chi connectivity index (χ1v) is 6.95. The summed E-state index contributed by atoms with van der Waals surface area (Å²) in [6, 6.07) is 14.3. The predicted molar refractivity (Wildman–Crippen MR) is 83.7 cm³/mol. The van der Waals surface area contributed by atoms with Gasteiger partial charge in [0.15, 0.2) is 11.6 Å². The fourth-order valence-corrected chi connectivity index (χ4v) is 2.64. The molecule has 0 bridgehead atoms. The third-order valence-electron chi connectivity index (χ3n) is 3.74. The molecule has 4 rings (SSSR count). The van der Waals surface area contributed by atoms with Gasteiger partial charge < -0.3 is 4.57 Å². The molecule has 0 atom stereocenters. The zero-order valence-corrected chi connectivity index (χ0v) is 11.9. The Bertz CT molecular complexity index is 950. The van der Waals surface area contributed by atoms with E-state index >= 15 is 0 Å². The zero-order valence-electron chi connectivity index (χ0n) is 11.9. The first-order valence-electron chi connectivity index (χ1n) is 6.95. The molecule has 0 radical (unpaired) electrons. The van der Waals surface area contributed by atoms with Crippen molar-refractivity contribution in [1.82, 2.24) is 19.7 Å². The molecule has 0 aliphatic heterocycles. The minimum atomic E-state index is -0.270. The number of aryl methyl sites for hydroxylation is 1. The van der Waals surface area contributed by atoms with Gasteiger partial charge >= 0.3 is 0 Å². The number of hydrogen-bond acceptors (Lipinski definition) is 2. The number of para-hydroxylation sites is 1. The molecule has 2 aromatic heterocycles. The Morgan fingerprint density at radius 1 is 1.05 bits per heavy atom. The lowest BCUT2D eigenvalue weighted by Gasteiger charge is -1.94. The smallest absolute Gasteiger partial charge is 0.181 e. The molecule has 0 amide bonds. The topological polar surface area (TPSA) is 46.5 Å². The van der Waals surface area contributed by atoms with Crippen molar-refractivity contribution in [3.05, 3.63) is 60.5 Å². The molecule has 108 valence electrons. The molecule has 0 saturated heterocycles. The average molecular weight is 292 g/mol. The third-order valence-corrected chi connectivity index (χ3v) is 3.74. The lowest BCUT2D eigenvalue weighted by molar-refractivity contribution is 0.628. The van der Waals surface area contributed by atoms with Gasteiger partial charge in [-0.15, -0.1) is 0 Å². The van der Waals surface area contributed by atoms with Crippen LogP contribution in [-0.4, -0.2) is 19.7 Å². The van der Waals surface area contributed by atoms with Crippen molar-refractivity contribution in [2.24, 2.45) is 7.05 Å². The van der Waals surface area contributed by atoms with Crippen LogP contribution in [0.2, 0.25) is 0 Å². The van der Waals surface area contributed by atoms with Crippen LogP contribution in [0.5, 0.6) is 0 Å². The molecule has 22 heavy (non-hydrogen) atoms. The highest BCUT2D eigenvalue weighted by Gasteiger charge is 2.13. The van der Waals surface area contributed by atoms with E-state index in [-0.39, 0.29) is 5.82 Å². The second kappa shape index (κ2) is 4.80.